The molecule has 0 N–H and O–H groups in total. The van der Waals surface area contributed by atoms with Crippen LogP contribution in [0.3, 0.4) is 0 Å². The van der Waals surface area contributed by atoms with Gasteiger partial charge in [0.2, 0.25) is 0 Å². The van der Waals surface area contributed by atoms with Crippen LogP contribution in [0.4, 0.5) is 0 Å². The summed E-state index contributed by atoms with van der Waals surface area (Å²) in [6.07, 6.45) is 0. The third-order valence-corrected chi connectivity index (χ3v) is 2.39. The summed E-state index contributed by atoms with van der Waals surface area (Å²) in [5.74, 6) is 0. The summed E-state index contributed by atoms with van der Waals surface area (Å²) >= 11 is 0. The molecule has 1 unspecified atom stereocenters. The van der Waals surface area contributed by atoms with E-state index in [0.29, 0.717) is 0 Å². The Morgan fingerprint density at radius 1 is 1.57 bits per heavy atom. The SMILES string of the molecule is O=S([O-])S(=O)(=O)Cl. The van der Waals surface area contributed by atoms with Gasteiger partial charge in [-0.05, 0) is 0 Å². The summed E-state index contributed by atoms with van der Waals surface area (Å²) in [5.41, 5.74) is 0. The molecule has 7 heavy (non-hydrogen) atoms. The van der Waals surface area contributed by atoms with Crippen molar-refractivity contribution in [2.75, 3.05) is 0 Å². The van der Waals surface area contributed by atoms with Crippen molar-refractivity contribution in [3.63, 3.8) is 0 Å². The number of rotatable bonds is 1. The van der Waals surface area contributed by atoms with Gasteiger partial charge >= 0.3 is 8.08 Å². The maximum Gasteiger partial charge on any atom is 0.300 e. The Kier molecular flexibility index (Phi) is 2.18. The van der Waals surface area contributed by atoms with Gasteiger partial charge in [0.1, 0.15) is 0 Å². The first kappa shape index (κ1) is 7.35. The van der Waals surface area contributed by atoms with Crippen LogP contribution in [0.15, 0.2) is 0 Å². The van der Waals surface area contributed by atoms with E-state index < -0.39 is 18.2 Å². The number of halogens is 1. The van der Waals surface area contributed by atoms with Crippen LogP contribution in [-0.4, -0.2) is 17.2 Å². The largest absolute Gasteiger partial charge is 0.759 e. The van der Waals surface area contributed by atoms with Gasteiger partial charge in [-0.2, -0.15) is 8.42 Å². The van der Waals surface area contributed by atoms with Crippen LogP contribution in [0, 0.1) is 0 Å². The average Bonchev–Trinajstić information content (AvgIpc) is 1.31. The van der Waals surface area contributed by atoms with E-state index in [9.17, 15) is 17.2 Å². The summed E-state index contributed by atoms with van der Waals surface area (Å²) in [6.45, 7) is 0. The zero-order chi connectivity index (χ0) is 6.08. The quantitative estimate of drug-likeness (QED) is 0.293. The van der Waals surface area contributed by atoms with Crippen LogP contribution in [0.2, 0.25) is 0 Å². The second-order valence-corrected chi connectivity index (χ2v) is 5.69. The molecule has 0 radical (unpaired) electrons. The minimum atomic E-state index is -4.35. The molecule has 1 atom stereocenters. The molecule has 0 aliphatic rings. The second-order valence-electron chi connectivity index (χ2n) is 0.597. The van der Waals surface area contributed by atoms with Gasteiger partial charge in [-0.3, -0.25) is 4.21 Å². The summed E-state index contributed by atoms with van der Waals surface area (Å²) in [5, 5.41) is 0. The molecule has 0 aliphatic carbocycles. The molecule has 4 nitrogen and oxygen atoms in total. The highest BCUT2D eigenvalue weighted by atomic mass is 35.8. The molecule has 0 saturated carbocycles. The molecule has 0 aromatic carbocycles. The molecule has 0 amide bonds. The maximum absolute atomic E-state index is 9.48. The molecule has 0 spiro atoms. The lowest BCUT2D eigenvalue weighted by molar-refractivity contribution is 0.543. The molecule has 7 heteroatoms. The Labute approximate surface area is 46.6 Å². The van der Waals surface area contributed by atoms with E-state index >= 15 is 0 Å². The molecular formula is ClO4S2-. The molecule has 0 aromatic rings. The van der Waals surface area contributed by atoms with Crippen LogP contribution >= 0.6 is 10.7 Å². The Hall–Kier alpha value is 0.350. The predicted octanol–water partition coefficient (Wildman–Crippen LogP) is -0.651. The van der Waals surface area contributed by atoms with Gasteiger partial charge < -0.3 is 4.55 Å². The second kappa shape index (κ2) is 2.08. The molecular weight excluding hydrogens is 164 g/mol. The van der Waals surface area contributed by atoms with Crippen LogP contribution in [0.25, 0.3) is 0 Å². The van der Waals surface area contributed by atoms with E-state index in [4.69, 9.17) is 0 Å². The standard InChI is InChI=1S/ClHO4S2/c1-7(4,5)6(2)3/h(H,2,3)/p-1. The Bertz CT molecular complexity index is 164. The van der Waals surface area contributed by atoms with Crippen molar-refractivity contribution < 1.29 is 17.2 Å². The van der Waals surface area contributed by atoms with Crippen molar-refractivity contribution in [3.8, 4) is 0 Å². The lowest BCUT2D eigenvalue weighted by atomic mass is 15.9. The Balaban J connectivity index is 4.43. The van der Waals surface area contributed by atoms with E-state index in [1.54, 1.807) is 0 Å². The van der Waals surface area contributed by atoms with Crippen molar-refractivity contribution in [2.45, 2.75) is 0 Å². The highest BCUT2D eigenvalue weighted by Gasteiger charge is 2.01. The maximum atomic E-state index is 9.48. The van der Waals surface area contributed by atoms with Crippen molar-refractivity contribution in [1.82, 2.24) is 0 Å². The van der Waals surface area contributed by atoms with Gasteiger partial charge in [-0.15, -0.1) is 0 Å². The van der Waals surface area contributed by atoms with Crippen molar-refractivity contribution >= 4 is 28.9 Å². The minimum Gasteiger partial charge on any atom is -0.759 e. The lowest BCUT2D eigenvalue weighted by Gasteiger charge is -1.93. The predicted molar refractivity (Wildman–Crippen MR) is 23.7 cm³/mol. The smallest absolute Gasteiger partial charge is 0.300 e. The first-order valence-corrected chi connectivity index (χ1v) is 4.89. The summed E-state index contributed by atoms with van der Waals surface area (Å²) in [4.78, 5) is 0. The summed E-state index contributed by atoms with van der Waals surface area (Å²) in [7, 11) is -3.32. The van der Waals surface area contributed by atoms with Gasteiger partial charge in [-0.25, -0.2) is 0 Å². The molecule has 0 saturated heterocycles. The van der Waals surface area contributed by atoms with Gasteiger partial charge in [0.05, 0.1) is 10.1 Å². The molecule has 0 bridgehead atoms. The lowest BCUT2D eigenvalue weighted by Crippen LogP contribution is -1.96. The number of hydrogen-bond acceptors (Lipinski definition) is 4. The fraction of sp³-hybridized carbons (Fsp3) is 0. The summed E-state index contributed by atoms with van der Waals surface area (Å²) < 4.78 is 37.6. The average molecular weight is 164 g/mol. The molecule has 0 aromatic heterocycles. The van der Waals surface area contributed by atoms with E-state index in [1.165, 1.54) is 0 Å². The van der Waals surface area contributed by atoms with Gasteiger partial charge in [0.15, 0.2) is 0 Å². The summed E-state index contributed by atoms with van der Waals surface area (Å²) in [6, 6.07) is 0. The van der Waals surface area contributed by atoms with Gasteiger partial charge in [0, 0.05) is 10.7 Å². The van der Waals surface area contributed by atoms with Crippen LogP contribution in [-0.2, 0) is 18.2 Å². The van der Waals surface area contributed by atoms with E-state index in [1.807, 2.05) is 0 Å². The topological polar surface area (TPSA) is 74.3 Å². The van der Waals surface area contributed by atoms with Gasteiger partial charge in [-0.1, -0.05) is 0 Å². The minimum absolute atomic E-state index is 3.20. The normalized spacial score (nSPS) is 16.3. The third kappa shape index (κ3) is 2.98. The third-order valence-electron chi connectivity index (χ3n) is 0.163. The van der Waals surface area contributed by atoms with Crippen molar-refractivity contribution in [1.29, 1.82) is 0 Å². The molecule has 0 fully saturated rings. The Morgan fingerprint density at radius 2 is 1.71 bits per heavy atom. The zero-order valence-corrected chi connectivity index (χ0v) is 5.22. The molecule has 0 heterocycles. The monoisotopic (exact) mass is 163 g/mol. The van der Waals surface area contributed by atoms with Gasteiger partial charge in [0.25, 0.3) is 0 Å². The first-order valence-electron chi connectivity index (χ1n) is 0.988. The van der Waals surface area contributed by atoms with Crippen LogP contribution in [0.1, 0.15) is 0 Å². The first-order chi connectivity index (χ1) is 2.94. The van der Waals surface area contributed by atoms with Crippen LogP contribution in [0.5, 0.6) is 0 Å². The highest BCUT2D eigenvalue weighted by Crippen LogP contribution is 1.97. The van der Waals surface area contributed by atoms with E-state index in [0.717, 1.165) is 0 Å². The van der Waals surface area contributed by atoms with Crippen molar-refractivity contribution in [3.05, 3.63) is 0 Å². The van der Waals surface area contributed by atoms with E-state index in [2.05, 4.69) is 10.7 Å². The zero-order valence-electron chi connectivity index (χ0n) is 2.83. The molecule has 44 valence electrons. The highest BCUT2D eigenvalue weighted by molar-refractivity contribution is 8.71. The molecule has 0 rings (SSSR count). The fourth-order valence-corrected chi connectivity index (χ4v) is 0. The van der Waals surface area contributed by atoms with Crippen LogP contribution < -0.4 is 0 Å². The molecule has 0 aliphatic heterocycles. The fourth-order valence-electron chi connectivity index (χ4n) is 0. The van der Waals surface area contributed by atoms with Crippen molar-refractivity contribution in [2.24, 2.45) is 0 Å². The van der Waals surface area contributed by atoms with E-state index in [-0.39, 0.29) is 0 Å². The number of hydrogen-bond donors (Lipinski definition) is 0. The Morgan fingerprint density at radius 3 is 1.71 bits per heavy atom.